The number of halogens is 1. The molecular formula is C13H12FNO3S2. The molecule has 0 unspecified atom stereocenters. The molecule has 1 aromatic carbocycles. The van der Waals surface area contributed by atoms with E-state index in [4.69, 9.17) is 4.74 Å². The van der Waals surface area contributed by atoms with Crippen molar-refractivity contribution >= 4 is 27.0 Å². The van der Waals surface area contributed by atoms with Crippen LogP contribution in [0.1, 0.15) is 4.88 Å². The second-order valence-corrected chi connectivity index (χ2v) is 7.78. The predicted molar refractivity (Wildman–Crippen MR) is 75.5 cm³/mol. The Bertz CT molecular complexity index is 755. The van der Waals surface area contributed by atoms with Crippen LogP contribution in [0.25, 0.3) is 0 Å². The van der Waals surface area contributed by atoms with Crippen LogP contribution in [0.4, 0.5) is 10.1 Å². The van der Waals surface area contributed by atoms with Gasteiger partial charge in [-0.05, 0) is 31.2 Å². The fraction of sp³-hybridized carbons (Fsp3) is 0.231. The monoisotopic (exact) mass is 313 g/mol. The van der Waals surface area contributed by atoms with Crippen LogP contribution in [0.5, 0.6) is 5.75 Å². The lowest BCUT2D eigenvalue weighted by atomic mass is 10.2. The summed E-state index contributed by atoms with van der Waals surface area (Å²) in [5, 5.41) is 0. The van der Waals surface area contributed by atoms with Crippen LogP contribution in [-0.2, 0) is 10.0 Å². The second-order valence-electron chi connectivity index (χ2n) is 4.40. The van der Waals surface area contributed by atoms with Gasteiger partial charge in [-0.3, -0.25) is 4.31 Å². The fourth-order valence-corrected chi connectivity index (χ4v) is 4.92. The lowest BCUT2D eigenvalue weighted by Gasteiger charge is -2.29. The van der Waals surface area contributed by atoms with Crippen LogP contribution in [0.2, 0.25) is 0 Å². The summed E-state index contributed by atoms with van der Waals surface area (Å²) < 4.78 is 45.5. The fourth-order valence-electron chi connectivity index (χ4n) is 2.08. The molecule has 1 aromatic heterocycles. The van der Waals surface area contributed by atoms with Gasteiger partial charge in [0, 0.05) is 10.9 Å². The number of anilines is 1. The third-order valence-electron chi connectivity index (χ3n) is 3.00. The number of fused-ring (bicyclic) bond motifs is 1. The van der Waals surface area contributed by atoms with E-state index in [0.29, 0.717) is 5.75 Å². The normalized spacial score (nSPS) is 14.8. The van der Waals surface area contributed by atoms with Gasteiger partial charge in [-0.25, -0.2) is 12.8 Å². The van der Waals surface area contributed by atoms with Crippen LogP contribution in [0.3, 0.4) is 0 Å². The quantitative estimate of drug-likeness (QED) is 0.856. The summed E-state index contributed by atoms with van der Waals surface area (Å²) in [6.45, 7) is 2.27. The molecule has 0 atom stereocenters. The maximum absolute atomic E-state index is 13.4. The van der Waals surface area contributed by atoms with Gasteiger partial charge in [0.15, 0.2) is 0 Å². The molecule has 0 bridgehead atoms. The molecule has 0 radical (unpaired) electrons. The van der Waals surface area contributed by atoms with Crippen molar-refractivity contribution in [3.05, 3.63) is 41.0 Å². The van der Waals surface area contributed by atoms with E-state index in [1.807, 2.05) is 6.92 Å². The van der Waals surface area contributed by atoms with Gasteiger partial charge in [0.05, 0.1) is 12.2 Å². The van der Waals surface area contributed by atoms with E-state index >= 15 is 0 Å². The number of benzene rings is 1. The number of hydrogen-bond acceptors (Lipinski definition) is 4. The summed E-state index contributed by atoms with van der Waals surface area (Å²) >= 11 is 1.20. The van der Waals surface area contributed by atoms with Gasteiger partial charge in [0.1, 0.15) is 22.4 Å². The third kappa shape index (κ3) is 2.16. The molecule has 0 saturated carbocycles. The highest BCUT2D eigenvalue weighted by Gasteiger charge is 2.31. The van der Waals surface area contributed by atoms with Crippen LogP contribution in [0.15, 0.2) is 34.5 Å². The molecule has 1 aliphatic rings. The SMILES string of the molecule is Cc1ccc(S(=O)(=O)N2CCOc3ccc(F)cc32)s1. The maximum atomic E-state index is 13.4. The first-order chi connectivity index (χ1) is 9.48. The first kappa shape index (κ1) is 13.4. The minimum Gasteiger partial charge on any atom is -0.489 e. The summed E-state index contributed by atoms with van der Waals surface area (Å²) in [5.74, 6) is -0.105. The van der Waals surface area contributed by atoms with Crippen molar-refractivity contribution in [3.63, 3.8) is 0 Å². The van der Waals surface area contributed by atoms with E-state index in [2.05, 4.69) is 0 Å². The topological polar surface area (TPSA) is 46.6 Å². The number of thiophene rings is 1. The highest BCUT2D eigenvalue weighted by Crippen LogP contribution is 2.37. The Kier molecular flexibility index (Phi) is 3.18. The average molecular weight is 313 g/mol. The first-order valence-corrected chi connectivity index (χ1v) is 8.26. The van der Waals surface area contributed by atoms with Gasteiger partial charge >= 0.3 is 0 Å². The molecule has 3 rings (SSSR count). The summed E-state index contributed by atoms with van der Waals surface area (Å²) in [6, 6.07) is 7.22. The molecular weight excluding hydrogens is 301 g/mol. The summed E-state index contributed by atoms with van der Waals surface area (Å²) in [6.07, 6.45) is 0. The molecule has 0 aliphatic carbocycles. The van der Waals surface area contributed by atoms with Gasteiger partial charge in [0.2, 0.25) is 0 Å². The molecule has 20 heavy (non-hydrogen) atoms. The molecule has 0 N–H and O–H groups in total. The van der Waals surface area contributed by atoms with E-state index in [9.17, 15) is 12.8 Å². The smallest absolute Gasteiger partial charge is 0.274 e. The zero-order chi connectivity index (χ0) is 14.3. The number of aryl methyl sites for hydroxylation is 1. The Morgan fingerprint density at radius 2 is 2.10 bits per heavy atom. The van der Waals surface area contributed by atoms with Gasteiger partial charge in [-0.1, -0.05) is 0 Å². The number of hydrogen-bond donors (Lipinski definition) is 0. The standard InChI is InChI=1S/C13H12FNO3S2/c1-9-2-5-13(19-9)20(16,17)15-6-7-18-12-4-3-10(14)8-11(12)15/h2-5,8H,6-7H2,1H3. The van der Waals surface area contributed by atoms with Crippen LogP contribution < -0.4 is 9.04 Å². The largest absolute Gasteiger partial charge is 0.489 e. The molecule has 106 valence electrons. The molecule has 4 nitrogen and oxygen atoms in total. The molecule has 1 aliphatic heterocycles. The Hall–Kier alpha value is -1.60. The zero-order valence-corrected chi connectivity index (χ0v) is 12.3. The molecule has 0 spiro atoms. The Labute approximate surface area is 120 Å². The Morgan fingerprint density at radius 1 is 1.30 bits per heavy atom. The van der Waals surface area contributed by atoms with Crippen LogP contribution in [0, 0.1) is 12.7 Å². The summed E-state index contributed by atoms with van der Waals surface area (Å²) in [5.41, 5.74) is 0.252. The van der Waals surface area contributed by atoms with Crippen molar-refractivity contribution in [2.24, 2.45) is 0 Å². The molecule has 2 aromatic rings. The van der Waals surface area contributed by atoms with Gasteiger partial charge in [-0.2, -0.15) is 0 Å². The maximum Gasteiger partial charge on any atom is 0.274 e. The number of sulfonamides is 1. The van der Waals surface area contributed by atoms with Crippen LogP contribution >= 0.6 is 11.3 Å². The zero-order valence-electron chi connectivity index (χ0n) is 10.7. The van der Waals surface area contributed by atoms with Gasteiger partial charge in [-0.15, -0.1) is 11.3 Å². The molecule has 0 saturated heterocycles. The highest BCUT2D eigenvalue weighted by molar-refractivity contribution is 7.94. The minimum atomic E-state index is -3.67. The number of ether oxygens (including phenoxy) is 1. The van der Waals surface area contributed by atoms with Crippen molar-refractivity contribution in [3.8, 4) is 5.75 Å². The molecule has 2 heterocycles. The van der Waals surface area contributed by atoms with E-state index in [-0.39, 0.29) is 23.0 Å². The molecule has 7 heteroatoms. The number of rotatable bonds is 2. The average Bonchev–Trinajstić information content (AvgIpc) is 2.85. The van der Waals surface area contributed by atoms with E-state index in [0.717, 1.165) is 4.88 Å². The third-order valence-corrected chi connectivity index (χ3v) is 6.28. The summed E-state index contributed by atoms with van der Waals surface area (Å²) in [4.78, 5) is 0.913. The predicted octanol–water partition coefficient (Wildman–Crippen LogP) is 2.78. The lowest BCUT2D eigenvalue weighted by Crippen LogP contribution is -2.37. The van der Waals surface area contributed by atoms with Crippen molar-refractivity contribution in [1.29, 1.82) is 0 Å². The lowest BCUT2D eigenvalue weighted by molar-refractivity contribution is 0.315. The van der Waals surface area contributed by atoms with Gasteiger partial charge < -0.3 is 4.74 Å². The van der Waals surface area contributed by atoms with Crippen molar-refractivity contribution < 1.29 is 17.5 Å². The Morgan fingerprint density at radius 3 is 2.80 bits per heavy atom. The Balaban J connectivity index is 2.10. The molecule has 0 fully saturated rings. The molecule has 0 amide bonds. The van der Waals surface area contributed by atoms with E-state index < -0.39 is 15.8 Å². The van der Waals surface area contributed by atoms with Crippen molar-refractivity contribution in [2.45, 2.75) is 11.1 Å². The van der Waals surface area contributed by atoms with E-state index in [1.165, 1.54) is 33.8 Å². The first-order valence-electron chi connectivity index (χ1n) is 6.00. The summed E-state index contributed by atoms with van der Waals surface area (Å²) in [7, 11) is -3.67. The van der Waals surface area contributed by atoms with Crippen molar-refractivity contribution in [2.75, 3.05) is 17.5 Å². The highest BCUT2D eigenvalue weighted by atomic mass is 32.2. The van der Waals surface area contributed by atoms with Crippen LogP contribution in [-0.4, -0.2) is 21.6 Å². The van der Waals surface area contributed by atoms with Gasteiger partial charge in [0.25, 0.3) is 10.0 Å². The van der Waals surface area contributed by atoms with E-state index in [1.54, 1.807) is 12.1 Å². The van der Waals surface area contributed by atoms with Crippen molar-refractivity contribution in [1.82, 2.24) is 0 Å². The minimum absolute atomic E-state index is 0.176. The second kappa shape index (κ2) is 4.75. The number of nitrogens with zero attached hydrogens (tertiary/aromatic N) is 1.